The molecule has 4 aromatic heterocycles. The highest BCUT2D eigenvalue weighted by Crippen LogP contribution is 2.29. The van der Waals surface area contributed by atoms with E-state index in [-0.39, 0.29) is 0 Å². The Balaban J connectivity index is 0.000000126. The van der Waals surface area contributed by atoms with E-state index in [9.17, 15) is 0 Å². The lowest BCUT2D eigenvalue weighted by Crippen LogP contribution is -1.87. The van der Waals surface area contributed by atoms with Crippen molar-refractivity contribution in [2.45, 2.75) is 105 Å². The zero-order valence-corrected chi connectivity index (χ0v) is 37.8. The summed E-state index contributed by atoms with van der Waals surface area (Å²) in [7, 11) is 0. The van der Waals surface area contributed by atoms with E-state index < -0.39 is 0 Å². The quantitative estimate of drug-likeness (QED) is 0.173. The van der Waals surface area contributed by atoms with E-state index in [4.69, 9.17) is 18.0 Å². The summed E-state index contributed by atoms with van der Waals surface area (Å²) < 4.78 is 22.5. The lowest BCUT2D eigenvalue weighted by molar-refractivity contribution is 0.357. The maximum atomic E-state index is 5.43. The summed E-state index contributed by atoms with van der Waals surface area (Å²) in [5.41, 5.74) is 12.0. The molecular formula is C54H61NO4S. The molecule has 0 unspecified atom stereocenters. The summed E-state index contributed by atoms with van der Waals surface area (Å²) in [6.45, 7) is 22.9. The van der Waals surface area contributed by atoms with Gasteiger partial charge in [0.25, 0.3) is 0 Å². The number of ether oxygens (including phenoxy) is 1. The fourth-order valence-corrected chi connectivity index (χ4v) is 7.60. The fourth-order valence-electron chi connectivity index (χ4n) is 6.83. The van der Waals surface area contributed by atoms with Crippen LogP contribution in [-0.2, 0) is 6.42 Å². The van der Waals surface area contributed by atoms with Crippen LogP contribution in [0.3, 0.4) is 0 Å². The van der Waals surface area contributed by atoms with Crippen LogP contribution in [0, 0.1) is 0 Å². The molecule has 5 aromatic carbocycles. The SMILES string of the molecule is CC(C)c1ccc2c(c1)CCO2.CC(C)c1ccc2occc2c1.CC(C)c1ccc2occc2c1.CC(C)c1ccc2ocnc2c1.CC(C)c1ccc2sccc2c1. The van der Waals surface area contributed by atoms with Gasteiger partial charge in [-0.15, -0.1) is 11.3 Å². The number of benzene rings is 5. The second kappa shape index (κ2) is 20.6. The molecule has 1 aliphatic heterocycles. The Labute approximate surface area is 360 Å². The molecule has 10 rings (SSSR count). The second-order valence-electron chi connectivity index (χ2n) is 17.0. The Bertz CT molecular complexity index is 2390. The molecule has 0 N–H and O–H groups in total. The summed E-state index contributed by atoms with van der Waals surface area (Å²) in [6, 6.07) is 38.2. The van der Waals surface area contributed by atoms with Crippen LogP contribution >= 0.6 is 11.3 Å². The van der Waals surface area contributed by atoms with Crippen molar-refractivity contribution in [2.24, 2.45) is 0 Å². The van der Waals surface area contributed by atoms with Crippen molar-refractivity contribution in [3.05, 3.63) is 167 Å². The average molecular weight is 820 g/mol. The molecule has 0 atom stereocenters. The van der Waals surface area contributed by atoms with E-state index in [2.05, 4.69) is 158 Å². The molecule has 5 heterocycles. The normalized spacial score (nSPS) is 11.9. The molecule has 0 radical (unpaired) electrons. The molecular weight excluding hydrogens is 759 g/mol. The largest absolute Gasteiger partial charge is 0.493 e. The summed E-state index contributed by atoms with van der Waals surface area (Å²) in [5, 5.41) is 5.92. The third-order valence-electron chi connectivity index (χ3n) is 10.8. The van der Waals surface area contributed by atoms with Crippen molar-refractivity contribution >= 4 is 54.5 Å². The van der Waals surface area contributed by atoms with Crippen LogP contribution in [0.15, 0.2) is 147 Å². The van der Waals surface area contributed by atoms with Crippen LogP contribution in [0.4, 0.5) is 0 Å². The molecule has 0 saturated carbocycles. The third-order valence-corrected chi connectivity index (χ3v) is 11.7. The first-order valence-electron chi connectivity index (χ1n) is 21.4. The molecule has 1 aliphatic rings. The van der Waals surface area contributed by atoms with E-state index >= 15 is 0 Å². The number of thiophene rings is 1. The van der Waals surface area contributed by atoms with Gasteiger partial charge in [-0.05, 0) is 140 Å². The van der Waals surface area contributed by atoms with E-state index in [1.807, 2.05) is 41.7 Å². The molecule has 0 spiro atoms. The van der Waals surface area contributed by atoms with Crippen LogP contribution in [0.1, 0.15) is 132 Å². The smallest absolute Gasteiger partial charge is 0.181 e. The summed E-state index contributed by atoms with van der Waals surface area (Å²) in [6.07, 6.45) is 6.02. The molecule has 0 saturated heterocycles. The van der Waals surface area contributed by atoms with Gasteiger partial charge in [-0.1, -0.05) is 112 Å². The van der Waals surface area contributed by atoms with Gasteiger partial charge < -0.3 is 18.0 Å². The van der Waals surface area contributed by atoms with Crippen molar-refractivity contribution in [3.8, 4) is 5.75 Å². The van der Waals surface area contributed by atoms with E-state index in [0.717, 1.165) is 41.0 Å². The highest BCUT2D eigenvalue weighted by Gasteiger charge is 2.12. The molecule has 0 aliphatic carbocycles. The number of aromatic nitrogens is 1. The Morgan fingerprint density at radius 3 is 1.52 bits per heavy atom. The summed E-state index contributed by atoms with van der Waals surface area (Å²) in [4.78, 5) is 4.10. The van der Waals surface area contributed by atoms with Crippen LogP contribution in [-0.4, -0.2) is 11.6 Å². The van der Waals surface area contributed by atoms with Crippen LogP contribution in [0.25, 0.3) is 43.1 Å². The van der Waals surface area contributed by atoms with Crippen molar-refractivity contribution in [2.75, 3.05) is 6.61 Å². The predicted octanol–water partition coefficient (Wildman–Crippen LogP) is 16.8. The van der Waals surface area contributed by atoms with E-state index in [1.54, 1.807) is 12.5 Å². The lowest BCUT2D eigenvalue weighted by Gasteiger charge is -2.06. The molecule has 0 amide bonds. The van der Waals surface area contributed by atoms with Gasteiger partial charge in [0.05, 0.1) is 19.1 Å². The number of hydrogen-bond donors (Lipinski definition) is 0. The van der Waals surface area contributed by atoms with Gasteiger partial charge in [0, 0.05) is 21.9 Å². The topological polar surface area (TPSA) is 61.5 Å². The zero-order valence-electron chi connectivity index (χ0n) is 37.0. The van der Waals surface area contributed by atoms with Crippen LogP contribution in [0.2, 0.25) is 0 Å². The Morgan fingerprint density at radius 2 is 0.950 bits per heavy atom. The van der Waals surface area contributed by atoms with Crippen molar-refractivity contribution < 1.29 is 18.0 Å². The number of hydrogen-bond acceptors (Lipinski definition) is 6. The van der Waals surface area contributed by atoms with Gasteiger partial charge in [0.15, 0.2) is 12.0 Å². The zero-order chi connectivity index (χ0) is 42.8. The van der Waals surface area contributed by atoms with Crippen LogP contribution in [0.5, 0.6) is 5.75 Å². The van der Waals surface area contributed by atoms with E-state index in [1.165, 1.54) is 60.6 Å². The molecule has 9 aromatic rings. The Hall–Kier alpha value is -5.59. The second-order valence-corrected chi connectivity index (χ2v) is 17.9. The van der Waals surface area contributed by atoms with E-state index in [0.29, 0.717) is 29.6 Å². The van der Waals surface area contributed by atoms with Gasteiger partial charge in [-0.2, -0.15) is 0 Å². The first-order chi connectivity index (χ1) is 28.9. The number of furan rings is 2. The number of fused-ring (bicyclic) bond motifs is 5. The van der Waals surface area contributed by atoms with Crippen molar-refractivity contribution in [1.29, 1.82) is 0 Å². The molecule has 0 bridgehead atoms. The van der Waals surface area contributed by atoms with Gasteiger partial charge in [0.1, 0.15) is 22.4 Å². The van der Waals surface area contributed by atoms with Gasteiger partial charge in [0.2, 0.25) is 0 Å². The van der Waals surface area contributed by atoms with Gasteiger partial charge in [-0.3, -0.25) is 0 Å². The maximum Gasteiger partial charge on any atom is 0.181 e. The highest BCUT2D eigenvalue weighted by atomic mass is 32.1. The minimum Gasteiger partial charge on any atom is -0.493 e. The molecule has 312 valence electrons. The summed E-state index contributed by atoms with van der Waals surface area (Å²) >= 11 is 1.81. The molecule has 5 nitrogen and oxygen atoms in total. The predicted molar refractivity (Wildman–Crippen MR) is 254 cm³/mol. The average Bonchev–Trinajstić information content (AvgIpc) is 4.10. The van der Waals surface area contributed by atoms with Gasteiger partial charge >= 0.3 is 0 Å². The standard InChI is InChI=1S/C11H14O.2C11H12O.C11H12S.C10H11NO/c4*1-8(2)9-3-4-11-10(7-9)5-6-12-11;1-7(2)8-3-4-10-9(5-8)11-6-12-10/h3-4,7-8H,5-6H2,1-2H3;3*3-8H,1-2H3;3-7H,1-2H3. The fraction of sp³-hybridized carbons (Fsp3) is 0.315. The van der Waals surface area contributed by atoms with Gasteiger partial charge in [-0.25, -0.2) is 4.98 Å². The molecule has 0 fully saturated rings. The minimum absolute atomic E-state index is 0.547. The number of nitrogens with zero attached hydrogens (tertiary/aromatic N) is 1. The highest BCUT2D eigenvalue weighted by molar-refractivity contribution is 7.17. The van der Waals surface area contributed by atoms with Crippen molar-refractivity contribution in [3.63, 3.8) is 0 Å². The minimum atomic E-state index is 0.547. The Kier molecular flexibility index (Phi) is 15.1. The van der Waals surface area contributed by atoms with Crippen molar-refractivity contribution in [1.82, 2.24) is 4.98 Å². The molecule has 6 heteroatoms. The Morgan fingerprint density at radius 1 is 0.467 bits per heavy atom. The summed E-state index contributed by atoms with van der Waals surface area (Å²) in [5.74, 6) is 4.06. The first kappa shape index (κ1) is 44.0. The monoisotopic (exact) mass is 819 g/mol. The first-order valence-corrected chi connectivity index (χ1v) is 22.2. The third kappa shape index (κ3) is 11.6. The maximum absolute atomic E-state index is 5.43. The molecule has 60 heavy (non-hydrogen) atoms. The number of rotatable bonds is 5. The number of oxazole rings is 1. The lowest BCUT2D eigenvalue weighted by atomic mass is 10.00. The van der Waals surface area contributed by atoms with Crippen LogP contribution < -0.4 is 4.74 Å².